The van der Waals surface area contributed by atoms with Gasteiger partial charge in [-0.2, -0.15) is 0 Å². The molecule has 0 spiro atoms. The summed E-state index contributed by atoms with van der Waals surface area (Å²) in [7, 11) is 1.96. The van der Waals surface area contributed by atoms with Crippen LogP contribution < -0.4 is 5.32 Å². The Morgan fingerprint density at radius 3 is 3.00 bits per heavy atom. The van der Waals surface area contributed by atoms with Gasteiger partial charge in [-0.3, -0.25) is 0 Å². The molecule has 0 aliphatic carbocycles. The topological polar surface area (TPSA) is 52.6 Å². The second-order valence-electron chi connectivity index (χ2n) is 3.45. The number of quaternary nitrogens is 1. The number of rotatable bonds is 3. The van der Waals surface area contributed by atoms with Crippen LogP contribution >= 0.6 is 0 Å². The first-order valence-corrected chi connectivity index (χ1v) is 4.85. The predicted octanol–water partition coefficient (Wildman–Crippen LogP) is 0.395. The predicted molar refractivity (Wildman–Crippen MR) is 56.0 cm³/mol. The average Bonchev–Trinajstić information content (AvgIpc) is 2.61. The molecule has 1 aromatic heterocycles. The van der Waals surface area contributed by atoms with E-state index in [1.807, 2.05) is 42.8 Å². The van der Waals surface area contributed by atoms with Gasteiger partial charge < -0.3 is 15.4 Å². The first-order valence-electron chi connectivity index (χ1n) is 4.85. The summed E-state index contributed by atoms with van der Waals surface area (Å²) >= 11 is 0. The highest BCUT2D eigenvalue weighted by atomic mass is 16.3. The smallest absolute Gasteiger partial charge is 0.130 e. The molecule has 3 nitrogen and oxygen atoms in total. The van der Waals surface area contributed by atoms with Crippen LogP contribution in [0.25, 0.3) is 10.9 Å². The minimum absolute atomic E-state index is 0.392. The Balaban J connectivity index is 2.42. The minimum atomic E-state index is -0.392. The van der Waals surface area contributed by atoms with Crippen molar-refractivity contribution in [1.29, 1.82) is 0 Å². The number of fused-ring (bicyclic) bond motifs is 1. The number of aromatic amines is 1. The summed E-state index contributed by atoms with van der Waals surface area (Å²) < 4.78 is 0. The van der Waals surface area contributed by atoms with Gasteiger partial charge in [0.25, 0.3) is 0 Å². The highest BCUT2D eigenvalue weighted by Gasteiger charge is 2.12. The summed E-state index contributed by atoms with van der Waals surface area (Å²) in [5.41, 5.74) is 2.07. The maximum Gasteiger partial charge on any atom is 0.130 e. The van der Waals surface area contributed by atoms with Crippen LogP contribution in [0.5, 0.6) is 0 Å². The second kappa shape index (κ2) is 3.82. The molecule has 14 heavy (non-hydrogen) atoms. The lowest BCUT2D eigenvalue weighted by Crippen LogP contribution is -2.80. The Kier molecular flexibility index (Phi) is 2.52. The van der Waals surface area contributed by atoms with Crippen LogP contribution in [0.1, 0.15) is 11.7 Å². The number of aliphatic hydroxyl groups excluding tert-OH is 1. The van der Waals surface area contributed by atoms with E-state index in [-0.39, 0.29) is 0 Å². The average molecular weight is 191 g/mol. The van der Waals surface area contributed by atoms with Gasteiger partial charge in [-0.25, -0.2) is 0 Å². The van der Waals surface area contributed by atoms with Gasteiger partial charge in [0.1, 0.15) is 12.6 Å². The lowest BCUT2D eigenvalue weighted by atomic mass is 10.1. The molecule has 0 saturated heterocycles. The lowest BCUT2D eigenvalue weighted by molar-refractivity contribution is -0.634. The first kappa shape index (κ1) is 9.24. The molecule has 0 fully saturated rings. The Labute approximate surface area is 82.8 Å². The molecule has 0 saturated carbocycles. The van der Waals surface area contributed by atoms with Crippen LogP contribution in [-0.4, -0.2) is 23.7 Å². The molecular formula is C11H15N2O+. The molecule has 0 unspecified atom stereocenters. The van der Waals surface area contributed by atoms with Crippen molar-refractivity contribution in [2.45, 2.75) is 6.10 Å². The van der Waals surface area contributed by atoms with Crippen LogP contribution in [0.4, 0.5) is 0 Å². The van der Waals surface area contributed by atoms with Gasteiger partial charge in [0.15, 0.2) is 0 Å². The zero-order valence-corrected chi connectivity index (χ0v) is 8.20. The Morgan fingerprint density at radius 1 is 1.43 bits per heavy atom. The Hall–Kier alpha value is -1.32. The number of H-pyrrole nitrogens is 1. The molecule has 2 rings (SSSR count). The molecule has 1 aromatic carbocycles. The second-order valence-corrected chi connectivity index (χ2v) is 3.45. The fraction of sp³-hybridized carbons (Fsp3) is 0.273. The van der Waals surface area contributed by atoms with E-state index in [4.69, 9.17) is 0 Å². The normalized spacial score (nSPS) is 13.3. The molecule has 74 valence electrons. The quantitative estimate of drug-likeness (QED) is 0.646. The minimum Gasteiger partial charge on any atom is -0.382 e. The van der Waals surface area contributed by atoms with E-state index in [0.717, 1.165) is 16.5 Å². The number of aliphatic hydroxyl groups is 1. The molecule has 1 heterocycles. The summed E-state index contributed by atoms with van der Waals surface area (Å²) in [6.07, 6.45) is 1.50. The van der Waals surface area contributed by atoms with Crippen molar-refractivity contribution in [2.24, 2.45) is 0 Å². The van der Waals surface area contributed by atoms with Gasteiger partial charge in [0.05, 0.1) is 7.05 Å². The number of nitrogens with two attached hydrogens (primary N) is 1. The monoisotopic (exact) mass is 191 g/mol. The van der Waals surface area contributed by atoms with E-state index >= 15 is 0 Å². The summed E-state index contributed by atoms with van der Waals surface area (Å²) in [5, 5.41) is 12.9. The highest BCUT2D eigenvalue weighted by Crippen LogP contribution is 2.22. The molecule has 0 amide bonds. The Morgan fingerprint density at radius 2 is 2.21 bits per heavy atom. The molecule has 3 heteroatoms. The first-order chi connectivity index (χ1) is 6.83. The fourth-order valence-electron chi connectivity index (χ4n) is 1.72. The number of nitrogens with one attached hydrogen (secondary N) is 1. The standard InChI is InChI=1S/C11H14N2O/c1-12-7-11(14)9-6-13-10-5-3-2-4-8(9)10/h2-6,11-14H,7H2,1H3/p+1/t11-/m1/s1. The van der Waals surface area contributed by atoms with Crippen molar-refractivity contribution in [3.05, 3.63) is 36.0 Å². The van der Waals surface area contributed by atoms with Gasteiger partial charge in [0, 0.05) is 22.7 Å². The zero-order valence-electron chi connectivity index (χ0n) is 8.20. The van der Waals surface area contributed by atoms with Crippen LogP contribution in [0.15, 0.2) is 30.5 Å². The van der Waals surface area contributed by atoms with Crippen LogP contribution in [0.3, 0.4) is 0 Å². The number of likely N-dealkylation sites (N-methyl/N-ethyl adjacent to an activating group) is 1. The lowest BCUT2D eigenvalue weighted by Gasteiger charge is -2.05. The summed E-state index contributed by atoms with van der Waals surface area (Å²) in [4.78, 5) is 3.15. The molecule has 0 bridgehead atoms. The Bertz CT molecular complexity index is 422. The van der Waals surface area contributed by atoms with Gasteiger partial charge in [-0.15, -0.1) is 0 Å². The van der Waals surface area contributed by atoms with Crippen molar-refractivity contribution < 1.29 is 10.4 Å². The third kappa shape index (κ3) is 1.52. The third-order valence-electron chi connectivity index (χ3n) is 2.44. The van der Waals surface area contributed by atoms with Gasteiger partial charge in [0.2, 0.25) is 0 Å². The fourth-order valence-corrected chi connectivity index (χ4v) is 1.72. The summed E-state index contributed by atoms with van der Waals surface area (Å²) in [5.74, 6) is 0. The number of hydrogen-bond donors (Lipinski definition) is 3. The van der Waals surface area contributed by atoms with Gasteiger partial charge >= 0.3 is 0 Å². The van der Waals surface area contributed by atoms with Crippen molar-refractivity contribution in [1.82, 2.24) is 4.98 Å². The molecule has 0 radical (unpaired) electrons. The molecular weight excluding hydrogens is 176 g/mol. The number of para-hydroxylation sites is 1. The number of aromatic nitrogens is 1. The summed E-state index contributed by atoms with van der Waals surface area (Å²) in [6, 6.07) is 8.02. The van der Waals surface area contributed by atoms with Gasteiger partial charge in [-0.1, -0.05) is 18.2 Å². The zero-order chi connectivity index (χ0) is 9.97. The number of benzene rings is 1. The maximum atomic E-state index is 9.86. The van der Waals surface area contributed by atoms with E-state index < -0.39 is 6.10 Å². The summed E-state index contributed by atoms with van der Waals surface area (Å²) in [6.45, 7) is 0.696. The number of hydrogen-bond acceptors (Lipinski definition) is 1. The van der Waals surface area contributed by atoms with E-state index in [1.165, 1.54) is 0 Å². The SMILES string of the molecule is C[NH2+]C[C@@H](O)c1c[nH]c2ccccc12. The maximum absolute atomic E-state index is 9.86. The van der Waals surface area contributed by atoms with E-state index in [0.29, 0.717) is 6.54 Å². The van der Waals surface area contributed by atoms with E-state index in [2.05, 4.69) is 4.98 Å². The largest absolute Gasteiger partial charge is 0.382 e. The van der Waals surface area contributed by atoms with Crippen molar-refractivity contribution >= 4 is 10.9 Å². The van der Waals surface area contributed by atoms with Gasteiger partial charge in [-0.05, 0) is 6.07 Å². The molecule has 0 aliphatic rings. The van der Waals surface area contributed by atoms with E-state index in [9.17, 15) is 5.11 Å². The molecule has 4 N–H and O–H groups in total. The molecule has 0 aliphatic heterocycles. The van der Waals surface area contributed by atoms with E-state index in [1.54, 1.807) is 0 Å². The van der Waals surface area contributed by atoms with Crippen LogP contribution in [0.2, 0.25) is 0 Å². The third-order valence-corrected chi connectivity index (χ3v) is 2.44. The van der Waals surface area contributed by atoms with Crippen LogP contribution in [0, 0.1) is 0 Å². The highest BCUT2D eigenvalue weighted by molar-refractivity contribution is 5.83. The molecule has 2 aromatic rings. The van der Waals surface area contributed by atoms with Crippen molar-refractivity contribution in [2.75, 3.05) is 13.6 Å². The molecule has 1 atom stereocenters. The van der Waals surface area contributed by atoms with Crippen LogP contribution in [-0.2, 0) is 0 Å². The van der Waals surface area contributed by atoms with Crippen molar-refractivity contribution in [3.63, 3.8) is 0 Å². The van der Waals surface area contributed by atoms with Crippen molar-refractivity contribution in [3.8, 4) is 0 Å².